The molecule has 0 heterocycles. The van der Waals surface area contributed by atoms with Gasteiger partial charge in [0.1, 0.15) is 5.78 Å². The molecule has 0 unspecified atom stereocenters. The fraction of sp³-hybridized carbons (Fsp3) is 0.923. The first-order chi connectivity index (χ1) is 9.38. The topological polar surface area (TPSA) is 60.4 Å². The fourth-order valence-corrected chi connectivity index (χ4v) is 4.99. The Morgan fingerprint density at radius 2 is 1.90 bits per heavy atom. The molecule has 0 saturated heterocycles. The zero-order valence-electron chi connectivity index (χ0n) is 12.2. The van der Waals surface area contributed by atoms with Crippen LogP contribution in [-0.4, -0.2) is 25.3 Å². The minimum atomic E-state index is -5.66. The number of fused-ring (bicyclic) bond motifs is 2. The molecule has 8 heteroatoms. The molecule has 3 atom stereocenters. The van der Waals surface area contributed by atoms with Gasteiger partial charge in [0.05, 0.1) is 5.60 Å². The van der Waals surface area contributed by atoms with Crippen LogP contribution in [-0.2, 0) is 19.1 Å². The molecule has 122 valence electrons. The Hall–Kier alpha value is -0.630. The summed E-state index contributed by atoms with van der Waals surface area (Å²) in [6, 6.07) is 0. The van der Waals surface area contributed by atoms with Crippen LogP contribution in [0.15, 0.2) is 0 Å². The van der Waals surface area contributed by atoms with E-state index >= 15 is 0 Å². The van der Waals surface area contributed by atoms with Gasteiger partial charge in [0, 0.05) is 17.8 Å². The Balaban J connectivity index is 2.38. The van der Waals surface area contributed by atoms with Crippen LogP contribution in [0.4, 0.5) is 13.2 Å². The second kappa shape index (κ2) is 4.68. The van der Waals surface area contributed by atoms with Gasteiger partial charge >= 0.3 is 15.6 Å². The van der Waals surface area contributed by atoms with Gasteiger partial charge in [-0.25, -0.2) is 0 Å². The molecule has 0 aromatic carbocycles. The van der Waals surface area contributed by atoms with Crippen LogP contribution < -0.4 is 0 Å². The molecule has 0 aliphatic heterocycles. The standard InChI is InChI=1S/C13H19F3O4S/c1-4-9(17)10-8-5-6-12(7-8,11(10,2)3)20-21(18,19)13(14,15)16/h8,10H,4-7H2,1-3H3/t8-,10-,12-/m1/s1. The summed E-state index contributed by atoms with van der Waals surface area (Å²) in [6.07, 6.45) is 1.22. The lowest BCUT2D eigenvalue weighted by Gasteiger charge is -2.44. The van der Waals surface area contributed by atoms with Crippen molar-refractivity contribution in [2.75, 3.05) is 0 Å². The van der Waals surface area contributed by atoms with Gasteiger partial charge in [0.2, 0.25) is 0 Å². The number of hydrogen-bond donors (Lipinski definition) is 0. The Morgan fingerprint density at radius 3 is 2.38 bits per heavy atom. The van der Waals surface area contributed by atoms with Crippen molar-refractivity contribution in [1.29, 1.82) is 0 Å². The number of carbonyl (C=O) groups is 1. The maximum Gasteiger partial charge on any atom is 0.523 e. The molecule has 2 aliphatic carbocycles. The highest BCUT2D eigenvalue weighted by Crippen LogP contribution is 2.64. The zero-order chi connectivity index (χ0) is 16.3. The van der Waals surface area contributed by atoms with Gasteiger partial charge < -0.3 is 0 Å². The van der Waals surface area contributed by atoms with Crippen molar-refractivity contribution >= 4 is 15.9 Å². The van der Waals surface area contributed by atoms with E-state index in [1.54, 1.807) is 20.8 Å². The molecular weight excluding hydrogens is 309 g/mol. The van der Waals surface area contributed by atoms with Gasteiger partial charge in [-0.2, -0.15) is 21.6 Å². The molecule has 2 rings (SSSR count). The summed E-state index contributed by atoms with van der Waals surface area (Å²) in [5, 5.41) is 0. The largest absolute Gasteiger partial charge is 0.523 e. The van der Waals surface area contributed by atoms with E-state index in [4.69, 9.17) is 0 Å². The van der Waals surface area contributed by atoms with Crippen LogP contribution in [0.3, 0.4) is 0 Å². The van der Waals surface area contributed by atoms with Gasteiger partial charge in [-0.05, 0) is 25.2 Å². The molecule has 0 amide bonds. The Bertz CT molecular complexity index is 552. The Morgan fingerprint density at radius 1 is 1.33 bits per heavy atom. The minimum Gasteiger partial charge on any atom is -0.299 e. The molecular formula is C13H19F3O4S. The molecule has 4 nitrogen and oxygen atoms in total. The zero-order valence-corrected chi connectivity index (χ0v) is 13.0. The fourth-order valence-electron chi connectivity index (χ4n) is 4.11. The lowest BCUT2D eigenvalue weighted by Crippen LogP contribution is -2.51. The van der Waals surface area contributed by atoms with Crippen LogP contribution in [0, 0.1) is 17.3 Å². The number of Topliss-reactive ketones (excluding diaryl/α,β-unsaturated/α-hetero) is 1. The van der Waals surface area contributed by atoms with Crippen molar-refractivity contribution in [3.8, 4) is 0 Å². The summed E-state index contributed by atoms with van der Waals surface area (Å²) in [7, 11) is -5.66. The quantitative estimate of drug-likeness (QED) is 0.588. The first-order valence-electron chi connectivity index (χ1n) is 6.92. The van der Waals surface area contributed by atoms with E-state index in [9.17, 15) is 26.4 Å². The smallest absolute Gasteiger partial charge is 0.299 e. The van der Waals surface area contributed by atoms with Gasteiger partial charge in [-0.1, -0.05) is 20.8 Å². The summed E-state index contributed by atoms with van der Waals surface area (Å²) >= 11 is 0. The first kappa shape index (κ1) is 16.7. The van der Waals surface area contributed by atoms with E-state index in [1.807, 2.05) is 0 Å². The van der Waals surface area contributed by atoms with E-state index in [-0.39, 0.29) is 31.0 Å². The maximum absolute atomic E-state index is 12.6. The molecule has 2 aliphatic rings. The molecule has 0 aromatic rings. The first-order valence-corrected chi connectivity index (χ1v) is 8.33. The highest BCUT2D eigenvalue weighted by atomic mass is 32.2. The predicted octanol–water partition coefficient (Wildman–Crippen LogP) is 3.03. The van der Waals surface area contributed by atoms with Crippen molar-refractivity contribution in [3.63, 3.8) is 0 Å². The summed E-state index contributed by atoms with van der Waals surface area (Å²) in [5.41, 5.74) is -7.80. The molecule has 2 fully saturated rings. The molecule has 0 N–H and O–H groups in total. The maximum atomic E-state index is 12.6. The second-order valence-corrected chi connectivity index (χ2v) is 8.04. The average Bonchev–Trinajstić information content (AvgIpc) is 2.79. The SMILES string of the molecule is CCC(=O)[C@H]1[C@@H]2CC[C@@](OS(=O)(=O)C(F)(F)F)(C2)C1(C)C. The van der Waals surface area contributed by atoms with Crippen LogP contribution in [0.25, 0.3) is 0 Å². The average molecular weight is 328 g/mol. The van der Waals surface area contributed by atoms with E-state index in [1.165, 1.54) is 0 Å². The van der Waals surface area contributed by atoms with Crippen molar-refractivity contribution in [2.45, 2.75) is 57.6 Å². The van der Waals surface area contributed by atoms with Crippen molar-refractivity contribution in [2.24, 2.45) is 17.3 Å². The number of carbonyl (C=O) groups excluding carboxylic acids is 1. The lowest BCUT2D eigenvalue weighted by atomic mass is 9.64. The molecule has 0 radical (unpaired) electrons. The summed E-state index contributed by atoms with van der Waals surface area (Å²) in [4.78, 5) is 12.1. The van der Waals surface area contributed by atoms with Gasteiger partial charge in [0.15, 0.2) is 0 Å². The minimum absolute atomic E-state index is 0.0421. The monoisotopic (exact) mass is 328 g/mol. The normalized spacial score (nSPS) is 35.1. The van der Waals surface area contributed by atoms with Crippen molar-refractivity contribution in [1.82, 2.24) is 0 Å². The van der Waals surface area contributed by atoms with Crippen molar-refractivity contribution in [3.05, 3.63) is 0 Å². The van der Waals surface area contributed by atoms with E-state index in [0.717, 1.165) is 0 Å². The summed E-state index contributed by atoms with van der Waals surface area (Å²) in [6.45, 7) is 4.97. The highest BCUT2D eigenvalue weighted by Gasteiger charge is 2.68. The van der Waals surface area contributed by atoms with E-state index in [2.05, 4.69) is 4.18 Å². The molecule has 2 bridgehead atoms. The number of hydrogen-bond acceptors (Lipinski definition) is 4. The van der Waals surface area contributed by atoms with Crippen molar-refractivity contribution < 1.29 is 30.6 Å². The molecule has 0 spiro atoms. The van der Waals surface area contributed by atoms with Gasteiger partial charge in [0.25, 0.3) is 0 Å². The van der Waals surface area contributed by atoms with E-state index < -0.39 is 32.6 Å². The number of alkyl halides is 3. The van der Waals surface area contributed by atoms with Crippen LogP contribution >= 0.6 is 0 Å². The predicted molar refractivity (Wildman–Crippen MR) is 68.7 cm³/mol. The number of rotatable bonds is 4. The van der Waals surface area contributed by atoms with Crippen LogP contribution in [0.2, 0.25) is 0 Å². The van der Waals surface area contributed by atoms with E-state index in [0.29, 0.717) is 6.42 Å². The van der Waals surface area contributed by atoms with Gasteiger partial charge in [-0.15, -0.1) is 0 Å². The third kappa shape index (κ3) is 2.30. The summed E-state index contributed by atoms with van der Waals surface area (Å²) in [5.74, 6) is -0.588. The van der Waals surface area contributed by atoms with Crippen LogP contribution in [0.1, 0.15) is 46.5 Å². The number of halogens is 3. The lowest BCUT2D eigenvalue weighted by molar-refractivity contribution is -0.134. The third-order valence-corrected chi connectivity index (χ3v) is 6.29. The van der Waals surface area contributed by atoms with Crippen LogP contribution in [0.5, 0.6) is 0 Å². The Labute approximate surface area is 122 Å². The summed E-state index contributed by atoms with van der Waals surface area (Å²) < 4.78 is 65.3. The Kier molecular flexibility index (Phi) is 3.73. The van der Waals surface area contributed by atoms with Gasteiger partial charge in [-0.3, -0.25) is 8.98 Å². The molecule has 0 aromatic heterocycles. The third-order valence-electron chi connectivity index (χ3n) is 5.18. The number of ketones is 1. The second-order valence-electron chi connectivity index (χ2n) is 6.50. The highest BCUT2D eigenvalue weighted by molar-refractivity contribution is 7.87. The molecule has 21 heavy (non-hydrogen) atoms. The molecule has 2 saturated carbocycles.